The number of hydrogen-bond donors (Lipinski definition) is 1. The monoisotopic (exact) mass is 531 g/mol. The number of nitrogens with zero attached hydrogens (tertiary/aromatic N) is 2. The van der Waals surface area contributed by atoms with E-state index in [-0.39, 0.29) is 50.5 Å². The van der Waals surface area contributed by atoms with Crippen LogP contribution < -0.4 is 19.1 Å². The zero-order valence-electron chi connectivity index (χ0n) is 22.2. The van der Waals surface area contributed by atoms with Gasteiger partial charge in [-0.2, -0.15) is 0 Å². The maximum absolute atomic E-state index is 13.4. The van der Waals surface area contributed by atoms with Gasteiger partial charge in [0.1, 0.15) is 6.04 Å². The molecule has 0 aliphatic carbocycles. The molecule has 37 heavy (non-hydrogen) atoms. The molecular formula is C27H37N3O6S. The molecule has 0 saturated carbocycles. The molecular weight excluding hydrogens is 494 g/mol. The van der Waals surface area contributed by atoms with Crippen molar-refractivity contribution in [2.24, 2.45) is 5.92 Å². The van der Waals surface area contributed by atoms with E-state index in [9.17, 15) is 18.0 Å². The lowest BCUT2D eigenvalue weighted by atomic mass is 10.1. The number of rotatable bonds is 12. The molecule has 1 N–H and O–H groups in total. The van der Waals surface area contributed by atoms with Gasteiger partial charge in [0.05, 0.1) is 11.9 Å². The first kappa shape index (κ1) is 28.3. The Morgan fingerprint density at radius 3 is 2.46 bits per heavy atom. The normalized spacial score (nSPS) is 13.4. The minimum Gasteiger partial charge on any atom is -0.454 e. The Labute approximate surface area is 219 Å². The SMILES string of the molecule is Cc1cccc(CN(C(=O)CCCN(c2ccc3c(c2)OCO3)S(C)(=O)=O)[C@H](C)C(=O)NCC(C)C)c1. The molecule has 9 nitrogen and oxygen atoms in total. The number of nitrogens with one attached hydrogen (secondary N) is 1. The molecule has 2 amide bonds. The van der Waals surface area contributed by atoms with Gasteiger partial charge in [-0.3, -0.25) is 13.9 Å². The highest BCUT2D eigenvalue weighted by molar-refractivity contribution is 7.92. The largest absolute Gasteiger partial charge is 0.454 e. The zero-order valence-corrected chi connectivity index (χ0v) is 23.0. The summed E-state index contributed by atoms with van der Waals surface area (Å²) in [6.07, 6.45) is 1.50. The Morgan fingerprint density at radius 2 is 1.78 bits per heavy atom. The average molecular weight is 532 g/mol. The van der Waals surface area contributed by atoms with Crippen LogP contribution in [0.5, 0.6) is 11.5 Å². The van der Waals surface area contributed by atoms with Crippen LogP contribution in [-0.4, -0.2) is 57.3 Å². The third-order valence-corrected chi connectivity index (χ3v) is 7.28. The Morgan fingerprint density at radius 1 is 1.05 bits per heavy atom. The molecule has 2 aromatic rings. The molecule has 1 aliphatic rings. The van der Waals surface area contributed by atoms with Gasteiger partial charge in [0.25, 0.3) is 0 Å². The van der Waals surface area contributed by atoms with E-state index < -0.39 is 16.1 Å². The van der Waals surface area contributed by atoms with Gasteiger partial charge in [0.15, 0.2) is 11.5 Å². The van der Waals surface area contributed by atoms with Crippen molar-refractivity contribution in [1.82, 2.24) is 10.2 Å². The van der Waals surface area contributed by atoms with Crippen LogP contribution in [0.1, 0.15) is 44.7 Å². The van der Waals surface area contributed by atoms with E-state index in [0.717, 1.165) is 17.4 Å². The van der Waals surface area contributed by atoms with Crippen molar-refractivity contribution in [3.63, 3.8) is 0 Å². The fourth-order valence-corrected chi connectivity index (χ4v) is 5.04. The highest BCUT2D eigenvalue weighted by Gasteiger charge is 2.27. The van der Waals surface area contributed by atoms with Gasteiger partial charge in [-0.05, 0) is 43.9 Å². The van der Waals surface area contributed by atoms with Gasteiger partial charge >= 0.3 is 0 Å². The number of amides is 2. The van der Waals surface area contributed by atoms with E-state index in [4.69, 9.17) is 9.47 Å². The number of carbonyl (C=O) groups excluding carboxylic acids is 2. The van der Waals surface area contributed by atoms with Crippen molar-refractivity contribution in [2.75, 3.05) is 30.4 Å². The van der Waals surface area contributed by atoms with Crippen molar-refractivity contribution < 1.29 is 27.5 Å². The smallest absolute Gasteiger partial charge is 0.242 e. The van der Waals surface area contributed by atoms with Gasteiger partial charge in [0, 0.05) is 32.1 Å². The number of anilines is 1. The van der Waals surface area contributed by atoms with Crippen molar-refractivity contribution >= 4 is 27.5 Å². The summed E-state index contributed by atoms with van der Waals surface area (Å²) < 4.78 is 37.0. The van der Waals surface area contributed by atoms with Crippen LogP contribution in [-0.2, 0) is 26.2 Å². The molecule has 10 heteroatoms. The van der Waals surface area contributed by atoms with Crippen molar-refractivity contribution in [3.05, 3.63) is 53.6 Å². The standard InChI is InChI=1S/C27H37N3O6S/c1-19(2)16-28-27(32)21(4)29(17-22-9-6-8-20(3)14-22)26(31)10-7-13-30(37(5,33)34)23-11-12-24-25(15-23)36-18-35-24/h6,8-9,11-12,14-15,19,21H,7,10,13,16-18H2,1-5H3,(H,28,32)/t21-/m1/s1. The number of ether oxygens (including phenoxy) is 2. The Balaban J connectivity index is 1.72. The van der Waals surface area contributed by atoms with Crippen LogP contribution in [0.25, 0.3) is 0 Å². The quantitative estimate of drug-likeness (QED) is 0.450. The Kier molecular flexibility index (Phi) is 9.42. The van der Waals surface area contributed by atoms with Crippen molar-refractivity contribution in [2.45, 2.75) is 53.1 Å². The van der Waals surface area contributed by atoms with E-state index in [1.165, 1.54) is 4.31 Å². The Bertz CT molecular complexity index is 1210. The molecule has 0 radical (unpaired) electrons. The molecule has 0 spiro atoms. The van der Waals surface area contributed by atoms with E-state index in [1.807, 2.05) is 45.0 Å². The summed E-state index contributed by atoms with van der Waals surface area (Å²) in [5.74, 6) is 0.896. The fraction of sp³-hybridized carbons (Fsp3) is 0.481. The molecule has 1 heterocycles. The van der Waals surface area contributed by atoms with Crippen LogP contribution in [0, 0.1) is 12.8 Å². The van der Waals surface area contributed by atoms with Crippen LogP contribution >= 0.6 is 0 Å². The predicted molar refractivity (Wildman–Crippen MR) is 143 cm³/mol. The fourth-order valence-electron chi connectivity index (χ4n) is 4.09. The molecule has 3 rings (SSSR count). The van der Waals surface area contributed by atoms with Gasteiger partial charge in [0.2, 0.25) is 28.6 Å². The second kappa shape index (κ2) is 12.3. The van der Waals surface area contributed by atoms with Gasteiger partial charge < -0.3 is 19.7 Å². The van der Waals surface area contributed by atoms with Crippen molar-refractivity contribution in [1.29, 1.82) is 0 Å². The third kappa shape index (κ3) is 7.85. The summed E-state index contributed by atoms with van der Waals surface area (Å²) in [5.41, 5.74) is 2.43. The molecule has 0 fully saturated rings. The summed E-state index contributed by atoms with van der Waals surface area (Å²) in [5, 5.41) is 2.91. The van der Waals surface area contributed by atoms with Gasteiger partial charge in [-0.15, -0.1) is 0 Å². The van der Waals surface area contributed by atoms with E-state index in [1.54, 1.807) is 30.0 Å². The predicted octanol–water partition coefficient (Wildman–Crippen LogP) is 3.46. The third-order valence-electron chi connectivity index (χ3n) is 6.08. The zero-order chi connectivity index (χ0) is 27.2. The highest BCUT2D eigenvalue weighted by Crippen LogP contribution is 2.36. The van der Waals surface area contributed by atoms with Crippen LogP contribution in [0.2, 0.25) is 0 Å². The lowest BCUT2D eigenvalue weighted by molar-refractivity contribution is -0.140. The van der Waals surface area contributed by atoms with Gasteiger partial charge in [-0.1, -0.05) is 43.7 Å². The highest BCUT2D eigenvalue weighted by atomic mass is 32.2. The molecule has 0 aromatic heterocycles. The number of aryl methyl sites for hydroxylation is 1. The molecule has 1 atom stereocenters. The van der Waals surface area contributed by atoms with Crippen LogP contribution in [0.15, 0.2) is 42.5 Å². The molecule has 1 aliphatic heterocycles. The summed E-state index contributed by atoms with van der Waals surface area (Å²) in [6, 6.07) is 12.1. The minimum absolute atomic E-state index is 0.0875. The molecule has 0 saturated heterocycles. The summed E-state index contributed by atoms with van der Waals surface area (Å²) in [6.45, 7) is 8.72. The van der Waals surface area contributed by atoms with Gasteiger partial charge in [-0.25, -0.2) is 8.42 Å². The number of carbonyl (C=O) groups is 2. The first-order chi connectivity index (χ1) is 17.5. The molecule has 0 unspecified atom stereocenters. The summed E-state index contributed by atoms with van der Waals surface area (Å²) in [4.78, 5) is 27.8. The van der Waals surface area contributed by atoms with Crippen LogP contribution in [0.4, 0.5) is 5.69 Å². The minimum atomic E-state index is -3.60. The summed E-state index contributed by atoms with van der Waals surface area (Å²) >= 11 is 0. The number of fused-ring (bicyclic) bond motifs is 1. The summed E-state index contributed by atoms with van der Waals surface area (Å²) in [7, 11) is -3.60. The number of benzene rings is 2. The first-order valence-corrected chi connectivity index (χ1v) is 14.3. The maximum Gasteiger partial charge on any atom is 0.242 e. The Hall–Kier alpha value is -3.27. The maximum atomic E-state index is 13.4. The lowest BCUT2D eigenvalue weighted by Crippen LogP contribution is -2.48. The van der Waals surface area contributed by atoms with E-state index in [2.05, 4.69) is 5.32 Å². The first-order valence-electron chi connectivity index (χ1n) is 12.5. The van der Waals surface area contributed by atoms with Crippen molar-refractivity contribution in [3.8, 4) is 11.5 Å². The van der Waals surface area contributed by atoms with Crippen LogP contribution in [0.3, 0.4) is 0 Å². The number of sulfonamides is 1. The van der Waals surface area contributed by atoms with E-state index >= 15 is 0 Å². The topological polar surface area (TPSA) is 105 Å². The molecule has 0 bridgehead atoms. The second-order valence-corrected chi connectivity index (χ2v) is 11.7. The lowest BCUT2D eigenvalue weighted by Gasteiger charge is -2.30. The van der Waals surface area contributed by atoms with E-state index in [0.29, 0.717) is 23.7 Å². The number of hydrogen-bond acceptors (Lipinski definition) is 6. The molecule has 2 aromatic carbocycles. The molecule has 202 valence electrons. The second-order valence-electron chi connectivity index (χ2n) is 9.80. The average Bonchev–Trinajstić information content (AvgIpc) is 3.30.